The average Bonchev–Trinajstić information content (AvgIpc) is 3.35. The van der Waals surface area contributed by atoms with Crippen LogP contribution in [0.15, 0.2) is 34.9 Å². The second-order valence-electron chi connectivity index (χ2n) is 5.72. The number of nitrogens with one attached hydrogen (secondary N) is 3. The first-order valence-corrected chi connectivity index (χ1v) is 8.83. The van der Waals surface area contributed by atoms with Crippen LogP contribution in [0.2, 0.25) is 5.02 Å². The summed E-state index contributed by atoms with van der Waals surface area (Å²) in [5.74, 6) is 1.53. The molecule has 25 heavy (non-hydrogen) atoms. The summed E-state index contributed by atoms with van der Waals surface area (Å²) < 4.78 is 14.7. The second kappa shape index (κ2) is 6.61. The van der Waals surface area contributed by atoms with E-state index in [4.69, 9.17) is 11.6 Å². The lowest BCUT2D eigenvalue weighted by atomic mass is 10.3. The van der Waals surface area contributed by atoms with Crippen molar-refractivity contribution in [3.8, 4) is 0 Å². The van der Waals surface area contributed by atoms with Gasteiger partial charge >= 0.3 is 0 Å². The number of hydrogen-bond donors (Lipinski definition) is 3. The van der Waals surface area contributed by atoms with E-state index in [2.05, 4.69) is 46.7 Å². The van der Waals surface area contributed by atoms with Gasteiger partial charge in [0.2, 0.25) is 5.95 Å². The fraction of sp³-hybridized carbons (Fsp3) is 0.188. The molecule has 0 radical (unpaired) electrons. The van der Waals surface area contributed by atoms with E-state index in [0.29, 0.717) is 16.2 Å². The average molecular weight is 424 g/mol. The van der Waals surface area contributed by atoms with Gasteiger partial charge in [0, 0.05) is 18.2 Å². The molecule has 0 unspecified atom stereocenters. The van der Waals surface area contributed by atoms with Crippen molar-refractivity contribution in [3.05, 3.63) is 51.5 Å². The molecule has 0 bridgehead atoms. The van der Waals surface area contributed by atoms with Crippen molar-refractivity contribution in [2.75, 3.05) is 10.6 Å². The number of halogens is 3. The topological polar surface area (TPSA) is 78.5 Å². The zero-order valence-electron chi connectivity index (χ0n) is 12.9. The van der Waals surface area contributed by atoms with Crippen LogP contribution in [0.5, 0.6) is 0 Å². The van der Waals surface area contributed by atoms with Gasteiger partial charge in [0.25, 0.3) is 0 Å². The van der Waals surface area contributed by atoms with Gasteiger partial charge in [0.1, 0.15) is 5.82 Å². The van der Waals surface area contributed by atoms with Crippen LogP contribution in [0.3, 0.4) is 0 Å². The van der Waals surface area contributed by atoms with Gasteiger partial charge in [0.15, 0.2) is 11.6 Å². The maximum atomic E-state index is 14.0. The zero-order valence-corrected chi connectivity index (χ0v) is 15.2. The van der Waals surface area contributed by atoms with Gasteiger partial charge in [-0.15, -0.1) is 0 Å². The summed E-state index contributed by atoms with van der Waals surface area (Å²) in [4.78, 5) is 8.51. The van der Waals surface area contributed by atoms with Gasteiger partial charge in [-0.05, 0) is 40.9 Å². The second-order valence-corrected chi connectivity index (χ2v) is 6.98. The van der Waals surface area contributed by atoms with Crippen molar-refractivity contribution in [2.45, 2.75) is 18.8 Å². The van der Waals surface area contributed by atoms with Crippen molar-refractivity contribution in [1.82, 2.24) is 20.2 Å². The smallest absolute Gasteiger partial charge is 0.229 e. The molecule has 0 spiro atoms. The number of aromatic amines is 1. The Kier molecular flexibility index (Phi) is 4.30. The lowest BCUT2D eigenvalue weighted by Crippen LogP contribution is -2.03. The van der Waals surface area contributed by atoms with Crippen molar-refractivity contribution < 1.29 is 4.39 Å². The Bertz CT molecular complexity index is 927. The lowest BCUT2D eigenvalue weighted by Gasteiger charge is -2.10. The SMILES string of the molecule is Fc1c(Cl)cccc1Nc1ncc(Br)c(Nc2cc(C3CC3)n[nH]2)n1. The van der Waals surface area contributed by atoms with Gasteiger partial charge in [0.05, 0.1) is 20.9 Å². The highest BCUT2D eigenvalue weighted by Crippen LogP contribution is 2.39. The fourth-order valence-corrected chi connectivity index (χ4v) is 2.82. The minimum Gasteiger partial charge on any atom is -0.324 e. The van der Waals surface area contributed by atoms with Crippen LogP contribution >= 0.6 is 27.5 Å². The first-order valence-electron chi connectivity index (χ1n) is 7.66. The third-order valence-corrected chi connectivity index (χ3v) is 4.66. The first-order chi connectivity index (χ1) is 12.1. The van der Waals surface area contributed by atoms with E-state index < -0.39 is 5.82 Å². The predicted octanol–water partition coefficient (Wildman–Crippen LogP) is 5.12. The number of nitrogens with zero attached hydrogens (tertiary/aromatic N) is 3. The third-order valence-electron chi connectivity index (χ3n) is 3.79. The molecule has 9 heteroatoms. The molecule has 0 amide bonds. The summed E-state index contributed by atoms with van der Waals surface area (Å²) in [5.41, 5.74) is 1.25. The first kappa shape index (κ1) is 16.3. The molecule has 1 aromatic carbocycles. The molecule has 0 aliphatic heterocycles. The van der Waals surface area contributed by atoms with Crippen LogP contribution in [0, 0.1) is 5.82 Å². The summed E-state index contributed by atoms with van der Waals surface area (Å²) >= 11 is 9.19. The quantitative estimate of drug-likeness (QED) is 0.531. The van der Waals surface area contributed by atoms with E-state index >= 15 is 0 Å². The Morgan fingerprint density at radius 1 is 1.28 bits per heavy atom. The largest absolute Gasteiger partial charge is 0.324 e. The number of aromatic nitrogens is 4. The minimum absolute atomic E-state index is 0.0329. The lowest BCUT2D eigenvalue weighted by molar-refractivity contribution is 0.632. The van der Waals surface area contributed by atoms with E-state index in [9.17, 15) is 4.39 Å². The molecule has 1 aliphatic rings. The van der Waals surface area contributed by atoms with E-state index in [1.807, 2.05) is 6.07 Å². The van der Waals surface area contributed by atoms with Crippen molar-refractivity contribution in [2.24, 2.45) is 0 Å². The Hall–Kier alpha value is -2.19. The van der Waals surface area contributed by atoms with Crippen LogP contribution in [-0.4, -0.2) is 20.2 Å². The molecule has 6 nitrogen and oxygen atoms in total. The predicted molar refractivity (Wildman–Crippen MR) is 98.3 cm³/mol. The van der Waals surface area contributed by atoms with E-state index in [-0.39, 0.29) is 16.7 Å². The molecule has 0 atom stereocenters. The van der Waals surface area contributed by atoms with Gasteiger partial charge < -0.3 is 10.6 Å². The summed E-state index contributed by atoms with van der Waals surface area (Å²) in [6, 6.07) is 6.66. The Morgan fingerprint density at radius 3 is 2.92 bits per heavy atom. The summed E-state index contributed by atoms with van der Waals surface area (Å²) in [7, 11) is 0. The third kappa shape index (κ3) is 3.59. The minimum atomic E-state index is -0.548. The van der Waals surface area contributed by atoms with Crippen LogP contribution in [0.25, 0.3) is 0 Å². The van der Waals surface area contributed by atoms with Crippen molar-refractivity contribution >= 4 is 50.8 Å². The Labute approximate surface area is 156 Å². The summed E-state index contributed by atoms with van der Waals surface area (Å²) in [6.45, 7) is 0. The maximum Gasteiger partial charge on any atom is 0.229 e. The molecular formula is C16H13BrClFN6. The number of rotatable bonds is 5. The number of H-pyrrole nitrogens is 1. The maximum absolute atomic E-state index is 14.0. The highest BCUT2D eigenvalue weighted by molar-refractivity contribution is 9.10. The number of hydrogen-bond acceptors (Lipinski definition) is 5. The van der Waals surface area contributed by atoms with Crippen molar-refractivity contribution in [3.63, 3.8) is 0 Å². The highest BCUT2D eigenvalue weighted by atomic mass is 79.9. The monoisotopic (exact) mass is 422 g/mol. The van der Waals surface area contributed by atoms with Crippen LogP contribution in [-0.2, 0) is 0 Å². The molecule has 4 rings (SSSR count). The molecule has 2 aromatic heterocycles. The molecule has 2 heterocycles. The van der Waals surface area contributed by atoms with Crippen LogP contribution in [0.4, 0.5) is 27.7 Å². The molecule has 1 aliphatic carbocycles. The fourth-order valence-electron chi connectivity index (χ4n) is 2.35. The molecule has 3 aromatic rings. The number of benzene rings is 1. The Morgan fingerprint density at radius 2 is 2.12 bits per heavy atom. The highest BCUT2D eigenvalue weighted by Gasteiger charge is 2.26. The molecule has 3 N–H and O–H groups in total. The van der Waals surface area contributed by atoms with Gasteiger partial charge in [-0.25, -0.2) is 9.37 Å². The molecule has 1 fully saturated rings. The normalized spacial score (nSPS) is 13.7. The summed E-state index contributed by atoms with van der Waals surface area (Å²) in [6.07, 6.45) is 3.94. The van der Waals surface area contributed by atoms with E-state index in [1.54, 1.807) is 18.3 Å². The molecular weight excluding hydrogens is 411 g/mol. The van der Waals surface area contributed by atoms with E-state index in [1.165, 1.54) is 18.9 Å². The van der Waals surface area contributed by atoms with Crippen LogP contribution < -0.4 is 10.6 Å². The zero-order chi connectivity index (χ0) is 17.4. The van der Waals surface area contributed by atoms with Gasteiger partial charge in [-0.1, -0.05) is 17.7 Å². The standard InChI is InChI=1S/C16H13BrClFN6/c17-9-7-20-16(21-11-3-1-2-10(18)14(11)19)23-15(9)22-13-6-12(24-25-13)8-4-5-8/h1-3,6-8H,4-5H2,(H3,20,21,22,23,24,25). The Balaban J connectivity index is 1.56. The van der Waals surface area contributed by atoms with Gasteiger partial charge in [-0.3, -0.25) is 5.10 Å². The molecule has 1 saturated carbocycles. The van der Waals surface area contributed by atoms with Crippen LogP contribution in [0.1, 0.15) is 24.5 Å². The molecule has 0 saturated heterocycles. The van der Waals surface area contributed by atoms with Crippen molar-refractivity contribution in [1.29, 1.82) is 0 Å². The molecule has 128 valence electrons. The number of anilines is 4. The van der Waals surface area contributed by atoms with E-state index in [0.717, 1.165) is 11.5 Å². The van der Waals surface area contributed by atoms with Gasteiger partial charge in [-0.2, -0.15) is 10.1 Å². The summed E-state index contributed by atoms with van der Waals surface area (Å²) in [5, 5.41) is 13.3.